The molecule has 8 heteroatoms. The SMILES string of the molecule is Cc1ccccc1Nc1nc(N)nc(CSCCCC(=O)Nc2c(C)cccc2C)n1. The fourth-order valence-corrected chi connectivity index (χ4v) is 3.91. The van der Waals surface area contributed by atoms with E-state index in [1.807, 2.05) is 63.2 Å². The summed E-state index contributed by atoms with van der Waals surface area (Å²) in [6, 6.07) is 13.9. The maximum atomic E-state index is 12.3. The average molecular weight is 437 g/mol. The zero-order chi connectivity index (χ0) is 22.2. The van der Waals surface area contributed by atoms with Gasteiger partial charge in [-0.2, -0.15) is 26.7 Å². The number of carbonyl (C=O) groups excluding carboxylic acids is 1. The van der Waals surface area contributed by atoms with Gasteiger partial charge in [-0.05, 0) is 55.7 Å². The van der Waals surface area contributed by atoms with E-state index in [9.17, 15) is 4.79 Å². The van der Waals surface area contributed by atoms with Crippen molar-refractivity contribution in [3.63, 3.8) is 0 Å². The van der Waals surface area contributed by atoms with Gasteiger partial charge in [0, 0.05) is 17.8 Å². The van der Waals surface area contributed by atoms with Crippen LogP contribution in [-0.2, 0) is 10.5 Å². The van der Waals surface area contributed by atoms with Gasteiger partial charge >= 0.3 is 0 Å². The molecule has 31 heavy (non-hydrogen) atoms. The van der Waals surface area contributed by atoms with Crippen LogP contribution in [0.1, 0.15) is 35.4 Å². The third-order valence-electron chi connectivity index (χ3n) is 4.76. The number of amides is 1. The monoisotopic (exact) mass is 436 g/mol. The van der Waals surface area contributed by atoms with E-state index in [1.165, 1.54) is 0 Å². The summed E-state index contributed by atoms with van der Waals surface area (Å²) in [5, 5.41) is 6.22. The summed E-state index contributed by atoms with van der Waals surface area (Å²) in [6.07, 6.45) is 1.25. The molecule has 0 radical (unpaired) electrons. The Morgan fingerprint density at radius 2 is 1.68 bits per heavy atom. The topological polar surface area (TPSA) is 106 Å². The number of thioether (sulfide) groups is 1. The number of nitrogens with one attached hydrogen (secondary N) is 2. The minimum absolute atomic E-state index is 0.0344. The van der Waals surface area contributed by atoms with E-state index < -0.39 is 0 Å². The Labute approximate surface area is 187 Å². The number of nitrogen functional groups attached to an aromatic ring is 1. The van der Waals surface area contributed by atoms with Crippen LogP contribution in [0, 0.1) is 20.8 Å². The quantitative estimate of drug-likeness (QED) is 0.415. The summed E-state index contributed by atoms with van der Waals surface area (Å²) in [5.41, 5.74) is 10.9. The number of hydrogen-bond acceptors (Lipinski definition) is 7. The first kappa shape index (κ1) is 22.6. The van der Waals surface area contributed by atoms with Crippen LogP contribution in [0.5, 0.6) is 0 Å². The van der Waals surface area contributed by atoms with Gasteiger partial charge in [0.2, 0.25) is 17.8 Å². The third kappa shape index (κ3) is 6.68. The van der Waals surface area contributed by atoms with E-state index in [0.717, 1.165) is 40.2 Å². The average Bonchev–Trinajstić information content (AvgIpc) is 2.72. The molecule has 0 aliphatic carbocycles. The van der Waals surface area contributed by atoms with Crippen LogP contribution in [0.4, 0.5) is 23.3 Å². The molecule has 3 rings (SSSR count). The fourth-order valence-electron chi connectivity index (χ4n) is 3.10. The maximum Gasteiger partial charge on any atom is 0.232 e. The molecule has 0 saturated heterocycles. The lowest BCUT2D eigenvalue weighted by molar-refractivity contribution is -0.116. The van der Waals surface area contributed by atoms with E-state index in [-0.39, 0.29) is 11.9 Å². The molecule has 7 nitrogen and oxygen atoms in total. The molecular formula is C23H28N6OS. The number of anilines is 4. The fraction of sp³-hybridized carbons (Fsp3) is 0.304. The van der Waals surface area contributed by atoms with Crippen LogP contribution in [0.25, 0.3) is 0 Å². The Morgan fingerprint density at radius 3 is 2.42 bits per heavy atom. The summed E-state index contributed by atoms with van der Waals surface area (Å²) in [4.78, 5) is 25.1. The normalized spacial score (nSPS) is 10.7. The van der Waals surface area contributed by atoms with E-state index in [4.69, 9.17) is 5.73 Å². The van der Waals surface area contributed by atoms with Gasteiger partial charge in [-0.15, -0.1) is 0 Å². The van der Waals surface area contributed by atoms with Crippen LogP contribution in [0.2, 0.25) is 0 Å². The van der Waals surface area contributed by atoms with Crippen LogP contribution in [0.3, 0.4) is 0 Å². The molecule has 0 aliphatic heterocycles. The van der Waals surface area contributed by atoms with Crippen LogP contribution in [0.15, 0.2) is 42.5 Å². The van der Waals surface area contributed by atoms with Gasteiger partial charge in [-0.1, -0.05) is 36.4 Å². The predicted octanol–water partition coefficient (Wildman–Crippen LogP) is 4.77. The predicted molar refractivity (Wildman–Crippen MR) is 129 cm³/mol. The zero-order valence-corrected chi connectivity index (χ0v) is 18.9. The van der Waals surface area contributed by atoms with Gasteiger partial charge < -0.3 is 16.4 Å². The number of benzene rings is 2. The Kier molecular flexibility index (Phi) is 7.83. The third-order valence-corrected chi connectivity index (χ3v) is 5.80. The first-order valence-electron chi connectivity index (χ1n) is 10.2. The number of carbonyl (C=O) groups is 1. The van der Waals surface area contributed by atoms with E-state index in [1.54, 1.807) is 11.8 Å². The molecule has 1 heterocycles. The Hall–Kier alpha value is -3.13. The molecule has 0 atom stereocenters. The zero-order valence-electron chi connectivity index (χ0n) is 18.1. The standard InChI is InChI=1S/C23H28N6OS/c1-15-8-4-5-11-18(15)25-23-27-19(26-22(24)29-23)14-31-13-7-12-20(30)28-21-16(2)9-6-10-17(21)3/h4-6,8-11H,7,12-14H2,1-3H3,(H,28,30)(H3,24,25,26,27,29). The summed E-state index contributed by atoms with van der Waals surface area (Å²) in [7, 11) is 0. The molecule has 0 unspecified atom stereocenters. The lowest BCUT2D eigenvalue weighted by Crippen LogP contribution is -2.13. The van der Waals surface area contributed by atoms with E-state index >= 15 is 0 Å². The van der Waals surface area contributed by atoms with Crippen LogP contribution in [-0.4, -0.2) is 26.6 Å². The highest BCUT2D eigenvalue weighted by Crippen LogP contribution is 2.21. The number of nitrogens with two attached hydrogens (primary N) is 1. The summed E-state index contributed by atoms with van der Waals surface area (Å²) in [6.45, 7) is 6.02. The van der Waals surface area contributed by atoms with Crippen LogP contribution < -0.4 is 16.4 Å². The molecule has 1 amide bonds. The molecule has 2 aromatic carbocycles. The molecular weight excluding hydrogens is 408 g/mol. The van der Waals surface area contributed by atoms with Crippen molar-refractivity contribution in [2.75, 3.05) is 22.1 Å². The molecule has 0 saturated carbocycles. The molecule has 3 aromatic rings. The maximum absolute atomic E-state index is 12.3. The lowest BCUT2D eigenvalue weighted by Gasteiger charge is -2.11. The van der Waals surface area contributed by atoms with Crippen molar-refractivity contribution < 1.29 is 4.79 Å². The molecule has 0 bridgehead atoms. The molecule has 0 spiro atoms. The summed E-state index contributed by atoms with van der Waals surface area (Å²) in [5.74, 6) is 2.71. The second-order valence-corrected chi connectivity index (χ2v) is 8.45. The highest BCUT2D eigenvalue weighted by Gasteiger charge is 2.09. The van der Waals surface area contributed by atoms with E-state index in [2.05, 4.69) is 25.6 Å². The summed E-state index contributed by atoms with van der Waals surface area (Å²) >= 11 is 1.67. The van der Waals surface area contributed by atoms with E-state index in [0.29, 0.717) is 23.9 Å². The van der Waals surface area contributed by atoms with Gasteiger partial charge in [-0.3, -0.25) is 4.79 Å². The summed E-state index contributed by atoms with van der Waals surface area (Å²) < 4.78 is 0. The molecule has 0 fully saturated rings. The second kappa shape index (κ2) is 10.8. The van der Waals surface area contributed by atoms with Crippen molar-refractivity contribution in [3.05, 3.63) is 65.0 Å². The molecule has 4 N–H and O–H groups in total. The number of aryl methyl sites for hydroxylation is 3. The van der Waals surface area contributed by atoms with Gasteiger partial charge in [-0.25, -0.2) is 0 Å². The molecule has 0 aliphatic rings. The minimum atomic E-state index is 0.0344. The van der Waals surface area contributed by atoms with Crippen molar-refractivity contribution >= 4 is 40.9 Å². The van der Waals surface area contributed by atoms with Gasteiger partial charge in [0.05, 0.1) is 5.75 Å². The van der Waals surface area contributed by atoms with Gasteiger partial charge in [0.1, 0.15) is 5.82 Å². The Bertz CT molecular complexity index is 1040. The highest BCUT2D eigenvalue weighted by atomic mass is 32.2. The number of rotatable bonds is 9. The van der Waals surface area contributed by atoms with Crippen LogP contribution >= 0.6 is 11.8 Å². The Morgan fingerprint density at radius 1 is 0.968 bits per heavy atom. The van der Waals surface area contributed by atoms with Crippen molar-refractivity contribution in [3.8, 4) is 0 Å². The number of para-hydroxylation sites is 2. The number of nitrogens with zero attached hydrogens (tertiary/aromatic N) is 3. The Balaban J connectivity index is 1.46. The smallest absolute Gasteiger partial charge is 0.232 e. The first-order chi connectivity index (χ1) is 14.9. The first-order valence-corrected chi connectivity index (χ1v) is 11.3. The minimum Gasteiger partial charge on any atom is -0.368 e. The molecule has 1 aromatic heterocycles. The van der Waals surface area contributed by atoms with Gasteiger partial charge in [0.25, 0.3) is 0 Å². The lowest BCUT2D eigenvalue weighted by atomic mass is 10.1. The largest absolute Gasteiger partial charge is 0.368 e. The van der Waals surface area contributed by atoms with Crippen molar-refractivity contribution in [2.24, 2.45) is 0 Å². The molecule has 162 valence electrons. The number of hydrogen-bond donors (Lipinski definition) is 3. The van der Waals surface area contributed by atoms with Crippen molar-refractivity contribution in [2.45, 2.75) is 39.4 Å². The van der Waals surface area contributed by atoms with Crippen molar-refractivity contribution in [1.82, 2.24) is 15.0 Å². The van der Waals surface area contributed by atoms with Gasteiger partial charge in [0.15, 0.2) is 0 Å². The van der Waals surface area contributed by atoms with Crippen molar-refractivity contribution in [1.29, 1.82) is 0 Å². The number of aromatic nitrogens is 3. The second-order valence-electron chi connectivity index (χ2n) is 7.34. The highest BCUT2D eigenvalue weighted by molar-refractivity contribution is 7.98.